The summed E-state index contributed by atoms with van der Waals surface area (Å²) in [6.45, 7) is 8.25. The van der Waals surface area contributed by atoms with E-state index < -0.39 is 0 Å². The molecule has 1 heterocycles. The smallest absolute Gasteiger partial charge is 0.144 e. The molecule has 0 fully saturated rings. The zero-order chi connectivity index (χ0) is 17.1. The molecule has 0 radical (unpaired) electrons. The summed E-state index contributed by atoms with van der Waals surface area (Å²) in [6, 6.07) is 10.6. The maximum Gasteiger partial charge on any atom is 0.144 e. The van der Waals surface area contributed by atoms with Crippen molar-refractivity contribution in [2.45, 2.75) is 25.7 Å². The van der Waals surface area contributed by atoms with Gasteiger partial charge >= 0.3 is 0 Å². The van der Waals surface area contributed by atoms with E-state index in [1.165, 1.54) is 27.8 Å². The summed E-state index contributed by atoms with van der Waals surface area (Å²) in [7, 11) is 1.68. The predicted molar refractivity (Wildman–Crippen MR) is 103 cm³/mol. The predicted octanol–water partition coefficient (Wildman–Crippen LogP) is 5.50. The minimum atomic E-state index is -0.195. The summed E-state index contributed by atoms with van der Waals surface area (Å²) in [6.07, 6.45) is 0.891. The molecule has 0 bridgehead atoms. The van der Waals surface area contributed by atoms with Crippen LogP contribution in [-0.2, 0) is 11.8 Å². The van der Waals surface area contributed by atoms with Crippen LogP contribution in [-0.4, -0.2) is 18.8 Å². The van der Waals surface area contributed by atoms with Crippen LogP contribution in [0.4, 0.5) is 5.69 Å². The zero-order valence-corrected chi connectivity index (χ0v) is 15.6. The molecule has 24 heavy (non-hydrogen) atoms. The number of ether oxygens (including phenoxy) is 1. The van der Waals surface area contributed by atoms with Gasteiger partial charge in [0, 0.05) is 32.9 Å². The molecule has 4 heteroatoms. The van der Waals surface area contributed by atoms with Crippen molar-refractivity contribution in [3.63, 3.8) is 0 Å². The van der Waals surface area contributed by atoms with Crippen molar-refractivity contribution >= 4 is 39.2 Å². The number of aromatic nitrogens is 1. The van der Waals surface area contributed by atoms with Crippen LogP contribution in [0.1, 0.15) is 36.2 Å². The SMILES string of the molecule is C=Nc1c(OC)ccc2c1C(C)(C)c1[nH]c3cc(Br)ccc3c1C2. The summed E-state index contributed by atoms with van der Waals surface area (Å²) in [5.74, 6) is 0.777. The summed E-state index contributed by atoms with van der Waals surface area (Å²) < 4.78 is 6.59. The molecule has 0 saturated carbocycles. The van der Waals surface area contributed by atoms with Gasteiger partial charge in [0.2, 0.25) is 0 Å². The van der Waals surface area contributed by atoms with Gasteiger partial charge in [-0.15, -0.1) is 0 Å². The third kappa shape index (κ3) is 1.99. The molecule has 3 aromatic rings. The number of methoxy groups -OCH3 is 1. The number of rotatable bonds is 2. The van der Waals surface area contributed by atoms with Gasteiger partial charge in [-0.3, -0.25) is 4.99 Å². The van der Waals surface area contributed by atoms with E-state index in [9.17, 15) is 0 Å². The van der Waals surface area contributed by atoms with E-state index in [1.807, 2.05) is 6.07 Å². The molecule has 1 aromatic heterocycles. The van der Waals surface area contributed by atoms with Gasteiger partial charge < -0.3 is 9.72 Å². The Bertz CT molecular complexity index is 985. The van der Waals surface area contributed by atoms with Gasteiger partial charge in [0.1, 0.15) is 11.4 Å². The first-order valence-electron chi connectivity index (χ1n) is 7.95. The van der Waals surface area contributed by atoms with Crippen molar-refractivity contribution in [2.75, 3.05) is 7.11 Å². The minimum absolute atomic E-state index is 0.195. The van der Waals surface area contributed by atoms with Gasteiger partial charge in [0.25, 0.3) is 0 Å². The van der Waals surface area contributed by atoms with E-state index in [1.54, 1.807) is 7.11 Å². The molecule has 1 N–H and O–H groups in total. The first-order chi connectivity index (χ1) is 11.5. The maximum absolute atomic E-state index is 5.51. The molecule has 0 saturated heterocycles. The number of fused-ring (bicyclic) bond motifs is 4. The maximum atomic E-state index is 5.51. The van der Waals surface area contributed by atoms with Crippen molar-refractivity contribution in [2.24, 2.45) is 4.99 Å². The molecule has 1 aliphatic rings. The van der Waals surface area contributed by atoms with Gasteiger partial charge in [0.05, 0.1) is 7.11 Å². The van der Waals surface area contributed by atoms with Crippen LogP contribution in [0, 0.1) is 0 Å². The quantitative estimate of drug-likeness (QED) is 0.583. The Balaban J connectivity index is 2.04. The average Bonchev–Trinajstić information content (AvgIpc) is 2.92. The lowest BCUT2D eigenvalue weighted by atomic mass is 9.71. The van der Waals surface area contributed by atoms with Crippen LogP contribution in [0.5, 0.6) is 5.75 Å². The van der Waals surface area contributed by atoms with Crippen LogP contribution in [0.25, 0.3) is 10.9 Å². The molecule has 4 rings (SSSR count). The monoisotopic (exact) mass is 382 g/mol. The lowest BCUT2D eigenvalue weighted by Gasteiger charge is -2.34. The number of halogens is 1. The van der Waals surface area contributed by atoms with E-state index in [2.05, 4.69) is 70.7 Å². The second kappa shape index (κ2) is 5.21. The highest BCUT2D eigenvalue weighted by Gasteiger charge is 2.38. The van der Waals surface area contributed by atoms with E-state index in [-0.39, 0.29) is 5.41 Å². The summed E-state index contributed by atoms with van der Waals surface area (Å²) >= 11 is 3.56. The van der Waals surface area contributed by atoms with Gasteiger partial charge in [0.15, 0.2) is 0 Å². The largest absolute Gasteiger partial charge is 0.494 e. The number of aromatic amines is 1. The Morgan fingerprint density at radius 1 is 1.25 bits per heavy atom. The van der Waals surface area contributed by atoms with Gasteiger partial charge in [-0.05, 0) is 41.6 Å². The minimum Gasteiger partial charge on any atom is -0.494 e. The molecule has 0 unspecified atom stereocenters. The molecule has 0 aliphatic heterocycles. The highest BCUT2D eigenvalue weighted by atomic mass is 79.9. The van der Waals surface area contributed by atoms with E-state index >= 15 is 0 Å². The second-order valence-corrected chi connectivity index (χ2v) is 7.69. The number of hydrogen-bond acceptors (Lipinski definition) is 2. The van der Waals surface area contributed by atoms with E-state index in [0.717, 1.165) is 27.8 Å². The van der Waals surface area contributed by atoms with E-state index in [0.29, 0.717) is 0 Å². The Morgan fingerprint density at radius 3 is 2.75 bits per heavy atom. The third-order valence-electron chi connectivity index (χ3n) is 5.09. The summed E-state index contributed by atoms with van der Waals surface area (Å²) in [4.78, 5) is 7.94. The van der Waals surface area contributed by atoms with Crippen LogP contribution in [0.3, 0.4) is 0 Å². The fourth-order valence-corrected chi connectivity index (χ4v) is 4.40. The molecular weight excluding hydrogens is 364 g/mol. The van der Waals surface area contributed by atoms with Crippen molar-refractivity contribution in [1.29, 1.82) is 0 Å². The summed E-state index contributed by atoms with van der Waals surface area (Å²) in [5, 5.41) is 1.29. The van der Waals surface area contributed by atoms with Gasteiger partial charge in [-0.1, -0.05) is 41.9 Å². The van der Waals surface area contributed by atoms with Crippen LogP contribution in [0.15, 0.2) is 39.8 Å². The lowest BCUT2D eigenvalue weighted by Crippen LogP contribution is -2.27. The molecular formula is C20H19BrN2O. The zero-order valence-electron chi connectivity index (χ0n) is 14.0. The molecule has 3 nitrogen and oxygen atoms in total. The first kappa shape index (κ1) is 15.5. The van der Waals surface area contributed by atoms with Gasteiger partial charge in [-0.2, -0.15) is 0 Å². The number of hydrogen-bond donors (Lipinski definition) is 1. The lowest BCUT2D eigenvalue weighted by molar-refractivity contribution is 0.414. The van der Waals surface area contributed by atoms with Gasteiger partial charge in [-0.25, -0.2) is 0 Å². The molecule has 0 atom stereocenters. The Kier molecular flexibility index (Phi) is 3.36. The van der Waals surface area contributed by atoms with Crippen molar-refractivity contribution < 1.29 is 4.74 Å². The van der Waals surface area contributed by atoms with Crippen molar-refractivity contribution in [1.82, 2.24) is 4.98 Å². The number of aliphatic imine (C=N–C) groups is 1. The Morgan fingerprint density at radius 2 is 2.04 bits per heavy atom. The average molecular weight is 383 g/mol. The normalized spacial score (nSPS) is 15.0. The third-order valence-corrected chi connectivity index (χ3v) is 5.58. The highest BCUT2D eigenvalue weighted by Crippen LogP contribution is 2.49. The molecule has 0 amide bonds. The molecule has 1 aliphatic carbocycles. The highest BCUT2D eigenvalue weighted by molar-refractivity contribution is 9.10. The standard InChI is InChI=1S/C20H19BrN2O/c1-20(2)17-11(5-8-16(24-4)18(17)22-3)9-14-13-7-6-12(21)10-15(13)23-19(14)20/h5-8,10,23H,3,9H2,1-2,4H3. The molecule has 0 spiro atoms. The van der Waals surface area contributed by atoms with Crippen molar-refractivity contribution in [3.05, 3.63) is 57.2 Å². The van der Waals surface area contributed by atoms with Crippen molar-refractivity contribution in [3.8, 4) is 5.75 Å². The van der Waals surface area contributed by atoms with Crippen LogP contribution < -0.4 is 4.74 Å². The fourth-order valence-electron chi connectivity index (χ4n) is 4.04. The van der Waals surface area contributed by atoms with Crippen LogP contribution in [0.2, 0.25) is 0 Å². The molecule has 2 aromatic carbocycles. The van der Waals surface area contributed by atoms with E-state index in [4.69, 9.17) is 4.74 Å². The second-order valence-electron chi connectivity index (χ2n) is 6.78. The number of H-pyrrole nitrogens is 1. The number of nitrogens with one attached hydrogen (secondary N) is 1. The number of benzene rings is 2. The number of nitrogens with zero attached hydrogens (tertiary/aromatic N) is 1. The Hall–Kier alpha value is -2.07. The first-order valence-corrected chi connectivity index (χ1v) is 8.74. The summed E-state index contributed by atoms with van der Waals surface area (Å²) in [5.41, 5.74) is 6.94. The fraction of sp³-hybridized carbons (Fsp3) is 0.250. The topological polar surface area (TPSA) is 37.4 Å². The molecule has 122 valence electrons. The Labute approximate surface area is 149 Å². The van der Waals surface area contributed by atoms with Crippen LogP contribution >= 0.6 is 15.9 Å².